The minimum Gasteiger partial charge on any atom is -0.465 e. The molecule has 0 unspecified atom stereocenters. The van der Waals surface area contributed by atoms with Crippen LogP contribution in [0.2, 0.25) is 0 Å². The number of anilines is 1. The van der Waals surface area contributed by atoms with Gasteiger partial charge in [-0.3, -0.25) is 0 Å². The van der Waals surface area contributed by atoms with Crippen molar-refractivity contribution in [1.29, 1.82) is 0 Å². The van der Waals surface area contributed by atoms with Gasteiger partial charge in [-0.2, -0.15) is 13.2 Å². The molecule has 0 aliphatic rings. The number of rotatable bonds is 1. The first-order valence-corrected chi connectivity index (χ1v) is 3.91. The third-order valence-electron chi connectivity index (χ3n) is 1.75. The molecule has 0 radical (unpaired) electrons. The molecule has 1 rings (SSSR count). The number of carbonyl (C=O) groups is 1. The van der Waals surface area contributed by atoms with E-state index in [1.54, 1.807) is 0 Å². The molecule has 0 atom stereocenters. The molecule has 3 nitrogen and oxygen atoms in total. The van der Waals surface area contributed by atoms with Crippen molar-refractivity contribution in [2.24, 2.45) is 0 Å². The summed E-state index contributed by atoms with van der Waals surface area (Å²) in [6, 6.07) is 2.77. The van der Waals surface area contributed by atoms with Crippen molar-refractivity contribution < 1.29 is 22.7 Å². The quantitative estimate of drug-likeness (QED) is 0.581. The molecular weight excluding hydrogens is 211 g/mol. The monoisotopic (exact) mass is 219 g/mol. The van der Waals surface area contributed by atoms with Gasteiger partial charge in [-0.05, 0) is 18.2 Å². The van der Waals surface area contributed by atoms with Crippen molar-refractivity contribution in [2.45, 2.75) is 6.18 Å². The Balaban J connectivity index is 3.33. The van der Waals surface area contributed by atoms with Crippen molar-refractivity contribution in [3.63, 3.8) is 0 Å². The Labute approximate surface area is 83.6 Å². The normalized spacial score (nSPS) is 11.2. The van der Waals surface area contributed by atoms with Crippen LogP contribution in [0, 0.1) is 0 Å². The van der Waals surface area contributed by atoms with E-state index < -0.39 is 23.3 Å². The number of nitrogens with two attached hydrogens (primary N) is 1. The standard InChI is InChI=1S/C9H8F3NO2/c1-15-8(14)6-4-5(13)2-3-7(6)9(10,11)12/h2-4H,13H2,1H3. The average molecular weight is 219 g/mol. The van der Waals surface area contributed by atoms with E-state index in [2.05, 4.69) is 4.74 Å². The zero-order valence-corrected chi connectivity index (χ0v) is 7.76. The Hall–Kier alpha value is -1.72. The highest BCUT2D eigenvalue weighted by Gasteiger charge is 2.35. The van der Waals surface area contributed by atoms with E-state index in [-0.39, 0.29) is 5.69 Å². The van der Waals surface area contributed by atoms with Crippen LogP contribution in [0.1, 0.15) is 15.9 Å². The highest BCUT2D eigenvalue weighted by Crippen LogP contribution is 2.33. The molecular formula is C9H8F3NO2. The van der Waals surface area contributed by atoms with Crippen molar-refractivity contribution in [3.05, 3.63) is 29.3 Å². The molecule has 0 aliphatic heterocycles. The molecule has 0 aliphatic carbocycles. The van der Waals surface area contributed by atoms with Crippen molar-refractivity contribution in [1.82, 2.24) is 0 Å². The summed E-state index contributed by atoms with van der Waals surface area (Å²) < 4.78 is 41.5. The SMILES string of the molecule is COC(=O)c1cc(N)ccc1C(F)(F)F. The van der Waals surface area contributed by atoms with Crippen LogP contribution in [0.4, 0.5) is 18.9 Å². The fourth-order valence-electron chi connectivity index (χ4n) is 1.09. The van der Waals surface area contributed by atoms with Gasteiger partial charge >= 0.3 is 12.1 Å². The first-order valence-electron chi connectivity index (χ1n) is 3.91. The Morgan fingerprint density at radius 1 is 1.40 bits per heavy atom. The second kappa shape index (κ2) is 3.80. The lowest BCUT2D eigenvalue weighted by Gasteiger charge is -2.11. The number of halogens is 3. The van der Waals surface area contributed by atoms with Crippen LogP contribution < -0.4 is 5.73 Å². The maximum atomic E-state index is 12.4. The number of carbonyl (C=O) groups excluding carboxylic acids is 1. The van der Waals surface area contributed by atoms with Crippen LogP contribution in [0.5, 0.6) is 0 Å². The number of esters is 1. The first-order chi connectivity index (χ1) is 6.86. The van der Waals surface area contributed by atoms with Gasteiger partial charge in [-0.25, -0.2) is 4.79 Å². The Morgan fingerprint density at radius 2 is 2.00 bits per heavy atom. The molecule has 0 aromatic heterocycles. The average Bonchev–Trinajstić information content (AvgIpc) is 2.14. The van der Waals surface area contributed by atoms with Crippen LogP contribution in [-0.2, 0) is 10.9 Å². The van der Waals surface area contributed by atoms with Gasteiger partial charge in [0, 0.05) is 5.69 Å². The summed E-state index contributed by atoms with van der Waals surface area (Å²) in [6.07, 6.45) is -4.60. The van der Waals surface area contributed by atoms with Gasteiger partial charge in [-0.15, -0.1) is 0 Å². The van der Waals surface area contributed by atoms with E-state index in [0.29, 0.717) is 0 Å². The second-order valence-corrected chi connectivity index (χ2v) is 2.79. The van der Waals surface area contributed by atoms with Gasteiger partial charge in [0.15, 0.2) is 0 Å². The predicted molar refractivity (Wildman–Crippen MR) is 47.2 cm³/mol. The van der Waals surface area contributed by atoms with E-state index in [0.717, 1.165) is 25.3 Å². The fraction of sp³-hybridized carbons (Fsp3) is 0.222. The van der Waals surface area contributed by atoms with E-state index in [4.69, 9.17) is 5.73 Å². The van der Waals surface area contributed by atoms with Crippen LogP contribution in [0.25, 0.3) is 0 Å². The van der Waals surface area contributed by atoms with Crippen LogP contribution in [0.3, 0.4) is 0 Å². The molecule has 6 heteroatoms. The maximum absolute atomic E-state index is 12.4. The van der Waals surface area contributed by atoms with E-state index in [1.165, 1.54) is 0 Å². The molecule has 82 valence electrons. The lowest BCUT2D eigenvalue weighted by atomic mass is 10.1. The highest BCUT2D eigenvalue weighted by molar-refractivity contribution is 5.92. The maximum Gasteiger partial charge on any atom is 0.417 e. The molecule has 0 amide bonds. The van der Waals surface area contributed by atoms with Gasteiger partial charge in [0.25, 0.3) is 0 Å². The summed E-state index contributed by atoms with van der Waals surface area (Å²) in [4.78, 5) is 11.1. The molecule has 2 N–H and O–H groups in total. The number of alkyl halides is 3. The molecule has 0 saturated carbocycles. The molecule has 0 bridgehead atoms. The summed E-state index contributed by atoms with van der Waals surface area (Å²) in [5, 5.41) is 0. The van der Waals surface area contributed by atoms with E-state index >= 15 is 0 Å². The molecule has 1 aromatic carbocycles. The smallest absolute Gasteiger partial charge is 0.417 e. The Morgan fingerprint density at radius 3 is 2.47 bits per heavy atom. The molecule has 15 heavy (non-hydrogen) atoms. The third-order valence-corrected chi connectivity index (χ3v) is 1.75. The van der Waals surface area contributed by atoms with Crippen molar-refractivity contribution in [3.8, 4) is 0 Å². The minimum absolute atomic E-state index is 0.0726. The second-order valence-electron chi connectivity index (χ2n) is 2.79. The molecule has 0 heterocycles. The number of nitrogen functional groups attached to an aromatic ring is 1. The zero-order valence-electron chi connectivity index (χ0n) is 7.76. The van der Waals surface area contributed by atoms with Gasteiger partial charge in [0.05, 0.1) is 18.2 Å². The van der Waals surface area contributed by atoms with Gasteiger partial charge in [-0.1, -0.05) is 0 Å². The summed E-state index contributed by atoms with van der Waals surface area (Å²) in [7, 11) is 1.01. The van der Waals surface area contributed by atoms with Crippen molar-refractivity contribution >= 4 is 11.7 Å². The summed E-state index contributed by atoms with van der Waals surface area (Å²) in [5.41, 5.74) is 3.73. The number of ether oxygens (including phenoxy) is 1. The van der Waals surface area contributed by atoms with Crippen molar-refractivity contribution in [2.75, 3.05) is 12.8 Å². The van der Waals surface area contributed by atoms with Gasteiger partial charge < -0.3 is 10.5 Å². The molecule has 1 aromatic rings. The van der Waals surface area contributed by atoms with Crippen LogP contribution in [0.15, 0.2) is 18.2 Å². The zero-order chi connectivity index (χ0) is 11.6. The lowest BCUT2D eigenvalue weighted by molar-refractivity contribution is -0.138. The summed E-state index contributed by atoms with van der Waals surface area (Å²) in [5.74, 6) is -1.06. The molecule has 0 saturated heterocycles. The van der Waals surface area contributed by atoms with Gasteiger partial charge in [0.1, 0.15) is 0 Å². The van der Waals surface area contributed by atoms with E-state index in [1.807, 2.05) is 0 Å². The third kappa shape index (κ3) is 2.39. The Bertz CT molecular complexity index is 387. The number of benzene rings is 1. The van der Waals surface area contributed by atoms with Crippen LogP contribution in [-0.4, -0.2) is 13.1 Å². The number of hydrogen-bond acceptors (Lipinski definition) is 3. The largest absolute Gasteiger partial charge is 0.465 e. The molecule has 0 fully saturated rings. The highest BCUT2D eigenvalue weighted by atomic mass is 19.4. The Kier molecular flexibility index (Phi) is 2.88. The fourth-order valence-corrected chi connectivity index (χ4v) is 1.09. The topological polar surface area (TPSA) is 52.3 Å². The number of methoxy groups -OCH3 is 1. The first kappa shape index (κ1) is 11.4. The van der Waals surface area contributed by atoms with E-state index in [9.17, 15) is 18.0 Å². The lowest BCUT2D eigenvalue weighted by Crippen LogP contribution is -2.14. The predicted octanol–water partition coefficient (Wildman–Crippen LogP) is 2.07. The van der Waals surface area contributed by atoms with Gasteiger partial charge in [0.2, 0.25) is 0 Å². The minimum atomic E-state index is -4.60. The molecule has 0 spiro atoms. The summed E-state index contributed by atoms with van der Waals surface area (Å²) in [6.45, 7) is 0. The van der Waals surface area contributed by atoms with Crippen LogP contribution >= 0.6 is 0 Å². The summed E-state index contributed by atoms with van der Waals surface area (Å²) >= 11 is 0. The number of hydrogen-bond donors (Lipinski definition) is 1.